The molecule has 0 aliphatic heterocycles. The van der Waals surface area contributed by atoms with Crippen LogP contribution in [-0.4, -0.2) is 28.6 Å². The smallest absolute Gasteiger partial charge is 0.323 e. The van der Waals surface area contributed by atoms with Crippen LogP contribution in [0.4, 0.5) is 10.5 Å². The third-order valence-electron chi connectivity index (χ3n) is 2.00. The SMILES string of the molecule is O=C(O)CNC(=O)NCc1ccc([N+](=O)[O-])cc1. The van der Waals surface area contributed by atoms with Crippen molar-refractivity contribution in [2.24, 2.45) is 0 Å². The van der Waals surface area contributed by atoms with Crippen LogP contribution in [-0.2, 0) is 11.3 Å². The largest absolute Gasteiger partial charge is 0.480 e. The highest BCUT2D eigenvalue weighted by Gasteiger charge is 2.05. The van der Waals surface area contributed by atoms with Crippen LogP contribution in [0.2, 0.25) is 0 Å². The Bertz CT molecular complexity index is 457. The molecule has 1 aromatic rings. The van der Waals surface area contributed by atoms with Gasteiger partial charge in [-0.1, -0.05) is 12.1 Å². The number of hydrogen-bond acceptors (Lipinski definition) is 4. The summed E-state index contributed by atoms with van der Waals surface area (Å²) in [5.74, 6) is -1.14. The Hall–Kier alpha value is -2.64. The Morgan fingerprint density at radius 1 is 1.22 bits per heavy atom. The fraction of sp³-hybridized carbons (Fsp3) is 0.200. The first-order valence-corrected chi connectivity index (χ1v) is 4.96. The van der Waals surface area contributed by atoms with E-state index in [1.165, 1.54) is 24.3 Å². The van der Waals surface area contributed by atoms with Gasteiger partial charge in [-0.3, -0.25) is 14.9 Å². The molecule has 8 nitrogen and oxygen atoms in total. The van der Waals surface area contributed by atoms with Crippen molar-refractivity contribution in [1.29, 1.82) is 0 Å². The number of aliphatic carboxylic acids is 1. The average Bonchev–Trinajstić information content (AvgIpc) is 2.34. The molecule has 0 unspecified atom stereocenters. The summed E-state index contributed by atoms with van der Waals surface area (Å²) in [5.41, 5.74) is 0.639. The van der Waals surface area contributed by atoms with Crippen molar-refractivity contribution in [3.63, 3.8) is 0 Å². The number of nitro groups is 1. The molecule has 0 aromatic heterocycles. The van der Waals surface area contributed by atoms with Crippen molar-refractivity contribution in [2.75, 3.05) is 6.54 Å². The molecule has 0 aliphatic rings. The molecule has 0 fully saturated rings. The van der Waals surface area contributed by atoms with Crippen molar-refractivity contribution >= 4 is 17.7 Å². The van der Waals surface area contributed by atoms with E-state index in [0.29, 0.717) is 5.56 Å². The molecule has 0 aliphatic carbocycles. The summed E-state index contributed by atoms with van der Waals surface area (Å²) in [5, 5.41) is 23.3. The average molecular weight is 253 g/mol. The first-order valence-electron chi connectivity index (χ1n) is 4.96. The Morgan fingerprint density at radius 2 is 1.83 bits per heavy atom. The molecule has 0 saturated carbocycles. The zero-order chi connectivity index (χ0) is 13.5. The summed E-state index contributed by atoms with van der Waals surface area (Å²) in [7, 11) is 0. The van der Waals surface area contributed by atoms with Gasteiger partial charge in [-0.25, -0.2) is 4.79 Å². The van der Waals surface area contributed by atoms with E-state index in [1.807, 2.05) is 0 Å². The lowest BCUT2D eigenvalue weighted by atomic mass is 10.2. The van der Waals surface area contributed by atoms with E-state index >= 15 is 0 Å². The summed E-state index contributed by atoms with van der Waals surface area (Å²) in [6, 6.07) is 5.06. The number of non-ortho nitro benzene ring substituents is 1. The van der Waals surface area contributed by atoms with E-state index in [0.717, 1.165) is 0 Å². The second-order valence-electron chi connectivity index (χ2n) is 3.35. The molecular weight excluding hydrogens is 242 g/mol. The van der Waals surface area contributed by atoms with Crippen LogP contribution in [0.25, 0.3) is 0 Å². The first-order chi connectivity index (χ1) is 8.49. The number of carboxylic acid groups (broad SMARTS) is 1. The van der Waals surface area contributed by atoms with Gasteiger partial charge in [-0.05, 0) is 5.56 Å². The highest BCUT2D eigenvalue weighted by molar-refractivity contribution is 5.79. The molecule has 1 aromatic carbocycles. The maximum Gasteiger partial charge on any atom is 0.323 e. The molecule has 3 N–H and O–H groups in total. The van der Waals surface area contributed by atoms with Crippen LogP contribution in [0.3, 0.4) is 0 Å². The summed E-state index contributed by atoms with van der Waals surface area (Å²) in [6.07, 6.45) is 0. The normalized spacial score (nSPS) is 9.56. The minimum Gasteiger partial charge on any atom is -0.480 e. The second-order valence-corrected chi connectivity index (χ2v) is 3.35. The molecular formula is C10H11N3O5. The minimum absolute atomic E-state index is 0.0333. The maximum atomic E-state index is 11.1. The van der Waals surface area contributed by atoms with E-state index in [-0.39, 0.29) is 12.2 Å². The predicted molar refractivity (Wildman–Crippen MR) is 61.0 cm³/mol. The van der Waals surface area contributed by atoms with E-state index in [4.69, 9.17) is 5.11 Å². The lowest BCUT2D eigenvalue weighted by Gasteiger charge is -2.05. The molecule has 8 heteroatoms. The van der Waals surface area contributed by atoms with Gasteiger partial charge in [-0.15, -0.1) is 0 Å². The number of amides is 2. The molecule has 2 amide bonds. The Balaban J connectivity index is 2.41. The van der Waals surface area contributed by atoms with Crippen molar-refractivity contribution in [2.45, 2.75) is 6.54 Å². The summed E-state index contributed by atoms with van der Waals surface area (Å²) in [4.78, 5) is 31.2. The molecule has 1 rings (SSSR count). The molecule has 0 heterocycles. The van der Waals surface area contributed by atoms with Gasteiger partial charge in [0.1, 0.15) is 6.54 Å². The molecule has 0 radical (unpaired) electrons. The Morgan fingerprint density at radius 3 is 2.33 bits per heavy atom. The van der Waals surface area contributed by atoms with Crippen LogP contribution in [0.1, 0.15) is 5.56 Å². The van der Waals surface area contributed by atoms with Gasteiger partial charge >= 0.3 is 12.0 Å². The standard InChI is InChI=1S/C10H11N3O5/c14-9(15)6-12-10(16)11-5-7-1-3-8(4-2-7)13(17)18/h1-4H,5-6H2,(H,14,15)(H2,11,12,16). The van der Waals surface area contributed by atoms with Crippen LogP contribution < -0.4 is 10.6 Å². The first kappa shape index (κ1) is 13.4. The molecule has 0 saturated heterocycles. The van der Waals surface area contributed by atoms with Gasteiger partial charge in [0.15, 0.2) is 0 Å². The summed E-state index contributed by atoms with van der Waals surface area (Å²) in [6.45, 7) is -0.310. The number of benzene rings is 1. The van der Waals surface area contributed by atoms with Crippen LogP contribution in [0.5, 0.6) is 0 Å². The zero-order valence-electron chi connectivity index (χ0n) is 9.25. The van der Waals surface area contributed by atoms with Crippen molar-refractivity contribution < 1.29 is 19.6 Å². The number of urea groups is 1. The van der Waals surface area contributed by atoms with Crippen LogP contribution in [0, 0.1) is 10.1 Å². The number of nitrogens with zero attached hydrogens (tertiary/aromatic N) is 1. The van der Waals surface area contributed by atoms with Crippen LogP contribution in [0.15, 0.2) is 24.3 Å². The predicted octanol–water partition coefficient (Wildman–Crippen LogP) is 0.479. The minimum atomic E-state index is -1.14. The van der Waals surface area contributed by atoms with E-state index in [2.05, 4.69) is 10.6 Å². The number of carbonyl (C=O) groups excluding carboxylic acids is 1. The zero-order valence-corrected chi connectivity index (χ0v) is 9.25. The van der Waals surface area contributed by atoms with E-state index in [1.54, 1.807) is 0 Å². The molecule has 0 atom stereocenters. The van der Waals surface area contributed by atoms with Crippen molar-refractivity contribution in [1.82, 2.24) is 10.6 Å². The monoisotopic (exact) mass is 253 g/mol. The third-order valence-corrected chi connectivity index (χ3v) is 2.00. The number of carbonyl (C=O) groups is 2. The van der Waals surface area contributed by atoms with Crippen molar-refractivity contribution in [3.8, 4) is 0 Å². The van der Waals surface area contributed by atoms with E-state index < -0.39 is 23.5 Å². The fourth-order valence-electron chi connectivity index (χ4n) is 1.14. The topological polar surface area (TPSA) is 122 Å². The summed E-state index contributed by atoms with van der Waals surface area (Å²) >= 11 is 0. The third kappa shape index (κ3) is 4.47. The van der Waals surface area contributed by atoms with Gasteiger partial charge in [0.05, 0.1) is 4.92 Å². The van der Waals surface area contributed by atoms with E-state index in [9.17, 15) is 19.7 Å². The lowest BCUT2D eigenvalue weighted by Crippen LogP contribution is -2.37. The summed E-state index contributed by atoms with van der Waals surface area (Å²) < 4.78 is 0. The fourth-order valence-corrected chi connectivity index (χ4v) is 1.14. The van der Waals surface area contributed by atoms with Gasteiger partial charge in [0.25, 0.3) is 5.69 Å². The van der Waals surface area contributed by atoms with Crippen LogP contribution >= 0.6 is 0 Å². The number of nitrogens with one attached hydrogen (secondary N) is 2. The second kappa shape index (κ2) is 6.18. The number of nitro benzene ring substituents is 1. The maximum absolute atomic E-state index is 11.1. The Kier molecular flexibility index (Phi) is 4.61. The van der Waals surface area contributed by atoms with Gasteiger partial charge in [0.2, 0.25) is 0 Å². The highest BCUT2D eigenvalue weighted by atomic mass is 16.6. The highest BCUT2D eigenvalue weighted by Crippen LogP contribution is 2.11. The molecule has 0 spiro atoms. The number of rotatable bonds is 5. The van der Waals surface area contributed by atoms with Gasteiger partial charge in [0, 0.05) is 18.7 Å². The lowest BCUT2D eigenvalue weighted by molar-refractivity contribution is -0.384. The van der Waals surface area contributed by atoms with Gasteiger partial charge in [-0.2, -0.15) is 0 Å². The molecule has 18 heavy (non-hydrogen) atoms. The van der Waals surface area contributed by atoms with Crippen molar-refractivity contribution in [3.05, 3.63) is 39.9 Å². The molecule has 96 valence electrons. The number of carboxylic acids is 1. The number of hydrogen-bond donors (Lipinski definition) is 3. The van der Waals surface area contributed by atoms with Gasteiger partial charge < -0.3 is 15.7 Å². The quantitative estimate of drug-likeness (QED) is 0.520. The Labute approximate surface area is 102 Å². The molecule has 0 bridgehead atoms.